The van der Waals surface area contributed by atoms with E-state index in [1.165, 1.54) is 5.56 Å². The molecule has 3 aromatic rings. The largest absolute Gasteiger partial charge is 0.452 e. The molecule has 0 atom stereocenters. The zero-order valence-electron chi connectivity index (χ0n) is 18.0. The highest BCUT2D eigenvalue weighted by molar-refractivity contribution is 6.08. The second kappa shape index (κ2) is 11.5. The molecular weight excluding hydrogens is 404 g/mol. The Hall–Kier alpha value is -3.93. The topological polar surface area (TPSA) is 84.5 Å². The SMILES string of the molecule is Cc1cccc(C(=O)Nc2ccccc2C(=O)OCC(=O)NCCCc2ccccc2)c1. The van der Waals surface area contributed by atoms with Crippen molar-refractivity contribution in [2.24, 2.45) is 0 Å². The highest BCUT2D eigenvalue weighted by atomic mass is 16.5. The van der Waals surface area contributed by atoms with E-state index in [9.17, 15) is 14.4 Å². The lowest BCUT2D eigenvalue weighted by atomic mass is 10.1. The third-order valence-corrected chi connectivity index (χ3v) is 4.82. The Morgan fingerprint density at radius 2 is 1.62 bits per heavy atom. The van der Waals surface area contributed by atoms with Crippen LogP contribution < -0.4 is 10.6 Å². The van der Waals surface area contributed by atoms with Crippen LogP contribution >= 0.6 is 0 Å². The summed E-state index contributed by atoms with van der Waals surface area (Å²) in [4.78, 5) is 37.0. The summed E-state index contributed by atoms with van der Waals surface area (Å²) in [5.41, 5.74) is 3.17. The molecule has 0 bridgehead atoms. The van der Waals surface area contributed by atoms with Crippen LogP contribution in [-0.2, 0) is 16.0 Å². The zero-order chi connectivity index (χ0) is 22.8. The van der Waals surface area contributed by atoms with Crippen molar-refractivity contribution in [3.8, 4) is 0 Å². The van der Waals surface area contributed by atoms with Gasteiger partial charge in [0.15, 0.2) is 6.61 Å². The van der Waals surface area contributed by atoms with E-state index >= 15 is 0 Å². The van der Waals surface area contributed by atoms with Gasteiger partial charge in [-0.05, 0) is 49.6 Å². The number of ether oxygens (including phenoxy) is 1. The average molecular weight is 431 g/mol. The molecule has 0 heterocycles. The van der Waals surface area contributed by atoms with Crippen LogP contribution in [0.4, 0.5) is 5.69 Å². The smallest absolute Gasteiger partial charge is 0.340 e. The van der Waals surface area contributed by atoms with E-state index in [1.54, 1.807) is 42.5 Å². The Bertz CT molecular complexity index is 1080. The summed E-state index contributed by atoms with van der Waals surface area (Å²) in [5, 5.41) is 5.49. The number of hydrogen-bond donors (Lipinski definition) is 2. The highest BCUT2D eigenvalue weighted by Gasteiger charge is 2.16. The summed E-state index contributed by atoms with van der Waals surface area (Å²) >= 11 is 0. The second-order valence-corrected chi connectivity index (χ2v) is 7.38. The molecule has 0 spiro atoms. The van der Waals surface area contributed by atoms with Gasteiger partial charge in [0, 0.05) is 12.1 Å². The summed E-state index contributed by atoms with van der Waals surface area (Å²) in [6, 6.07) is 23.7. The van der Waals surface area contributed by atoms with Crippen molar-refractivity contribution in [1.29, 1.82) is 0 Å². The van der Waals surface area contributed by atoms with Gasteiger partial charge in [0.2, 0.25) is 0 Å². The molecule has 0 saturated heterocycles. The summed E-state index contributed by atoms with van der Waals surface area (Å²) in [6.45, 7) is 2.01. The number of nitrogens with one attached hydrogen (secondary N) is 2. The van der Waals surface area contributed by atoms with Crippen LogP contribution in [-0.4, -0.2) is 30.9 Å². The van der Waals surface area contributed by atoms with E-state index in [2.05, 4.69) is 10.6 Å². The van der Waals surface area contributed by atoms with Gasteiger partial charge in [0.1, 0.15) is 0 Å². The number of carbonyl (C=O) groups is 3. The minimum atomic E-state index is -0.676. The molecule has 2 N–H and O–H groups in total. The molecule has 6 heteroatoms. The number of aryl methyl sites for hydroxylation is 2. The van der Waals surface area contributed by atoms with Crippen LogP contribution in [0.15, 0.2) is 78.9 Å². The molecular formula is C26H26N2O4. The molecule has 0 aliphatic carbocycles. The van der Waals surface area contributed by atoms with Crippen LogP contribution in [0.5, 0.6) is 0 Å². The Balaban J connectivity index is 1.48. The summed E-state index contributed by atoms with van der Waals surface area (Å²) in [5.74, 6) is -1.37. The molecule has 0 aromatic heterocycles. The summed E-state index contributed by atoms with van der Waals surface area (Å²) in [7, 11) is 0. The maximum atomic E-state index is 12.5. The van der Waals surface area contributed by atoms with E-state index in [0.717, 1.165) is 18.4 Å². The van der Waals surface area contributed by atoms with Gasteiger partial charge < -0.3 is 15.4 Å². The maximum Gasteiger partial charge on any atom is 0.340 e. The molecule has 0 unspecified atom stereocenters. The van der Waals surface area contributed by atoms with Crippen molar-refractivity contribution >= 4 is 23.5 Å². The van der Waals surface area contributed by atoms with Gasteiger partial charge in [-0.15, -0.1) is 0 Å². The minimum absolute atomic E-state index is 0.186. The molecule has 164 valence electrons. The number of para-hydroxylation sites is 1. The van der Waals surface area contributed by atoms with Crippen LogP contribution in [0.2, 0.25) is 0 Å². The number of amides is 2. The number of benzene rings is 3. The molecule has 0 aliphatic heterocycles. The Morgan fingerprint density at radius 1 is 0.875 bits per heavy atom. The Morgan fingerprint density at radius 3 is 2.41 bits per heavy atom. The lowest BCUT2D eigenvalue weighted by Crippen LogP contribution is -2.30. The fourth-order valence-electron chi connectivity index (χ4n) is 3.18. The minimum Gasteiger partial charge on any atom is -0.452 e. The molecule has 3 aromatic carbocycles. The predicted octanol–water partition coefficient (Wildman–Crippen LogP) is 4.15. The molecule has 0 fully saturated rings. The van der Waals surface area contributed by atoms with E-state index in [-0.39, 0.29) is 24.0 Å². The average Bonchev–Trinajstić information content (AvgIpc) is 2.81. The van der Waals surface area contributed by atoms with Gasteiger partial charge in [0.05, 0.1) is 11.3 Å². The van der Waals surface area contributed by atoms with Gasteiger partial charge in [-0.1, -0.05) is 60.2 Å². The summed E-state index contributed by atoms with van der Waals surface area (Å²) in [6.07, 6.45) is 1.65. The number of hydrogen-bond acceptors (Lipinski definition) is 4. The van der Waals surface area contributed by atoms with Crippen LogP contribution in [0.3, 0.4) is 0 Å². The molecule has 3 rings (SSSR count). The molecule has 32 heavy (non-hydrogen) atoms. The van der Waals surface area contributed by atoms with Crippen LogP contribution in [0.1, 0.15) is 38.3 Å². The van der Waals surface area contributed by atoms with Gasteiger partial charge in [0.25, 0.3) is 11.8 Å². The number of carbonyl (C=O) groups excluding carboxylic acids is 3. The normalized spacial score (nSPS) is 10.3. The fourth-order valence-corrected chi connectivity index (χ4v) is 3.18. The fraction of sp³-hybridized carbons (Fsp3) is 0.192. The van der Waals surface area contributed by atoms with Gasteiger partial charge in [-0.3, -0.25) is 9.59 Å². The summed E-state index contributed by atoms with van der Waals surface area (Å²) < 4.78 is 5.15. The quantitative estimate of drug-likeness (QED) is 0.394. The molecule has 0 aliphatic rings. The Kier molecular flexibility index (Phi) is 8.15. The van der Waals surface area contributed by atoms with Crippen LogP contribution in [0, 0.1) is 6.92 Å². The first-order valence-electron chi connectivity index (χ1n) is 10.5. The third kappa shape index (κ3) is 6.80. The van der Waals surface area contributed by atoms with E-state index < -0.39 is 5.97 Å². The number of anilines is 1. The second-order valence-electron chi connectivity index (χ2n) is 7.38. The van der Waals surface area contributed by atoms with E-state index in [4.69, 9.17) is 4.74 Å². The van der Waals surface area contributed by atoms with Gasteiger partial charge >= 0.3 is 5.97 Å². The molecule has 2 amide bonds. The highest BCUT2D eigenvalue weighted by Crippen LogP contribution is 2.18. The molecule has 0 saturated carbocycles. The molecule has 0 radical (unpaired) electrons. The van der Waals surface area contributed by atoms with Crippen LogP contribution in [0.25, 0.3) is 0 Å². The van der Waals surface area contributed by atoms with Crippen molar-refractivity contribution in [3.63, 3.8) is 0 Å². The van der Waals surface area contributed by atoms with Crippen molar-refractivity contribution in [2.45, 2.75) is 19.8 Å². The third-order valence-electron chi connectivity index (χ3n) is 4.82. The van der Waals surface area contributed by atoms with E-state index in [0.29, 0.717) is 17.8 Å². The zero-order valence-corrected chi connectivity index (χ0v) is 18.0. The van der Waals surface area contributed by atoms with Gasteiger partial charge in [-0.25, -0.2) is 4.79 Å². The van der Waals surface area contributed by atoms with Crippen molar-refractivity contribution in [3.05, 3.63) is 101 Å². The first-order chi connectivity index (χ1) is 15.5. The first-order valence-corrected chi connectivity index (χ1v) is 10.5. The van der Waals surface area contributed by atoms with E-state index in [1.807, 2.05) is 43.3 Å². The monoisotopic (exact) mass is 430 g/mol. The standard InChI is InChI=1S/C26H26N2O4/c1-19-9-7-13-21(17-19)25(30)28-23-15-6-5-14-22(23)26(31)32-18-24(29)27-16-8-12-20-10-3-2-4-11-20/h2-7,9-11,13-15,17H,8,12,16,18H2,1H3,(H,27,29)(H,28,30). The Labute approximate surface area is 187 Å². The molecule has 6 nitrogen and oxygen atoms in total. The van der Waals surface area contributed by atoms with Crippen molar-refractivity contribution in [1.82, 2.24) is 5.32 Å². The first kappa shape index (κ1) is 22.7. The maximum absolute atomic E-state index is 12.5. The van der Waals surface area contributed by atoms with Crippen molar-refractivity contribution < 1.29 is 19.1 Å². The predicted molar refractivity (Wildman–Crippen MR) is 124 cm³/mol. The number of rotatable bonds is 9. The van der Waals surface area contributed by atoms with Gasteiger partial charge in [-0.2, -0.15) is 0 Å². The lowest BCUT2D eigenvalue weighted by molar-refractivity contribution is -0.124. The lowest BCUT2D eigenvalue weighted by Gasteiger charge is -2.11. The van der Waals surface area contributed by atoms with Crippen molar-refractivity contribution in [2.75, 3.05) is 18.5 Å². The number of esters is 1.